The summed E-state index contributed by atoms with van der Waals surface area (Å²) >= 11 is 0. The van der Waals surface area contributed by atoms with Crippen molar-refractivity contribution >= 4 is 23.7 Å². The van der Waals surface area contributed by atoms with E-state index in [4.69, 9.17) is 18.9 Å². The van der Waals surface area contributed by atoms with E-state index in [1.807, 2.05) is 26.8 Å². The predicted molar refractivity (Wildman–Crippen MR) is 199 cm³/mol. The number of carbonyl (C=O) groups is 4. The average molecular weight is 823 g/mol. The Morgan fingerprint density at radius 2 is 1.28 bits per heavy atom. The topological polar surface area (TPSA) is 267 Å². The number of aliphatic carboxylic acids is 3. The average Bonchev–Trinajstić information content (AvgIpc) is 3.13. The Bertz CT molecular complexity index is 1730. The fourth-order valence-corrected chi connectivity index (χ4v) is 13.4. The molecule has 0 bridgehead atoms. The third-order valence-corrected chi connectivity index (χ3v) is 17.2. The van der Waals surface area contributed by atoms with Gasteiger partial charge in [-0.3, -0.25) is 9.59 Å². The summed E-state index contributed by atoms with van der Waals surface area (Å²) in [6, 6.07) is 0. The summed E-state index contributed by atoms with van der Waals surface area (Å²) in [5, 5.41) is 83.0. The Labute approximate surface area is 337 Å². The lowest BCUT2D eigenvalue weighted by molar-refractivity contribution is -0.371. The second kappa shape index (κ2) is 14.3. The highest BCUT2D eigenvalue weighted by molar-refractivity contribution is 5.95. The van der Waals surface area contributed by atoms with E-state index in [9.17, 15) is 60.0 Å². The largest absolute Gasteiger partial charge is 0.481 e. The normalized spacial score (nSPS) is 52.6. The number of aliphatic hydroxyl groups is 5. The van der Waals surface area contributed by atoms with Crippen molar-refractivity contribution in [1.82, 2.24) is 0 Å². The zero-order valence-corrected chi connectivity index (χ0v) is 34.4. The third-order valence-electron chi connectivity index (χ3n) is 17.2. The zero-order chi connectivity index (χ0) is 42.9. The van der Waals surface area contributed by atoms with Gasteiger partial charge in [-0.15, -0.1) is 0 Å². The summed E-state index contributed by atoms with van der Waals surface area (Å²) in [5.41, 5.74) is -1.81. The minimum absolute atomic E-state index is 0.0217. The number of ether oxygens (including phenoxy) is 4. The SMILES string of the molecule is CC1(C)[C@@H](O[C@H]2O[C@H](C(=O)O)[C@@H](O)[C@H](O)[C@H]2O[C@H]2O[C@@H](C(=O)O)[C@H](O)[C@@H](O)[C@@H]2O)CC[C@@]2(C)[C@H]1CC[C@]1(C)[C@H]2C(=O)C=C2[C@@H]3C[C@@](C)(C(=O)O)CC[C@]3(C)CC[C@]21C. The van der Waals surface area contributed by atoms with Crippen LogP contribution in [-0.2, 0) is 38.1 Å². The van der Waals surface area contributed by atoms with E-state index in [0.29, 0.717) is 25.7 Å². The van der Waals surface area contributed by atoms with Gasteiger partial charge in [0.25, 0.3) is 0 Å². The molecule has 16 heteroatoms. The number of ketones is 1. The van der Waals surface area contributed by atoms with Gasteiger partial charge in [0.2, 0.25) is 0 Å². The molecular formula is C42H62O16. The first kappa shape index (κ1) is 43.5. The highest BCUT2D eigenvalue weighted by atomic mass is 16.8. The van der Waals surface area contributed by atoms with Gasteiger partial charge in [0, 0.05) is 5.92 Å². The predicted octanol–water partition coefficient (Wildman–Crippen LogP) is 2.25. The van der Waals surface area contributed by atoms with Gasteiger partial charge in [-0.1, -0.05) is 47.1 Å². The van der Waals surface area contributed by atoms with Crippen LogP contribution in [-0.4, -0.2) is 132 Å². The van der Waals surface area contributed by atoms with Gasteiger partial charge < -0.3 is 59.8 Å². The van der Waals surface area contributed by atoms with Crippen LogP contribution >= 0.6 is 0 Å². The van der Waals surface area contributed by atoms with Gasteiger partial charge in [0.15, 0.2) is 30.6 Å². The first-order chi connectivity index (χ1) is 26.8. The number of hydrogen-bond donors (Lipinski definition) is 8. The molecule has 2 aliphatic heterocycles. The fourth-order valence-electron chi connectivity index (χ4n) is 13.4. The van der Waals surface area contributed by atoms with Crippen LogP contribution in [0.25, 0.3) is 0 Å². The molecule has 0 unspecified atom stereocenters. The Hall–Kier alpha value is -2.54. The molecule has 4 saturated carbocycles. The molecule has 58 heavy (non-hydrogen) atoms. The molecule has 0 aromatic heterocycles. The molecule has 2 heterocycles. The number of rotatable bonds is 7. The van der Waals surface area contributed by atoms with Gasteiger partial charge in [-0.25, -0.2) is 9.59 Å². The van der Waals surface area contributed by atoms with Crippen molar-refractivity contribution in [2.75, 3.05) is 0 Å². The Kier molecular flexibility index (Phi) is 10.7. The van der Waals surface area contributed by atoms with Crippen LogP contribution in [0.2, 0.25) is 0 Å². The maximum absolute atomic E-state index is 14.8. The number of carboxylic acid groups (broad SMARTS) is 3. The van der Waals surface area contributed by atoms with Crippen LogP contribution in [0.15, 0.2) is 11.6 Å². The van der Waals surface area contributed by atoms with Gasteiger partial charge in [0.05, 0.1) is 11.5 Å². The van der Waals surface area contributed by atoms with Crippen LogP contribution in [0.5, 0.6) is 0 Å². The van der Waals surface area contributed by atoms with Crippen molar-refractivity contribution in [3.8, 4) is 0 Å². The molecule has 2 saturated heterocycles. The van der Waals surface area contributed by atoms with Crippen LogP contribution in [0.1, 0.15) is 106 Å². The lowest BCUT2D eigenvalue weighted by atomic mass is 9.33. The van der Waals surface area contributed by atoms with Gasteiger partial charge in [-0.2, -0.15) is 0 Å². The van der Waals surface area contributed by atoms with E-state index in [1.165, 1.54) is 0 Å². The highest BCUT2D eigenvalue weighted by Crippen LogP contribution is 2.75. The van der Waals surface area contributed by atoms with E-state index in [1.54, 1.807) is 0 Å². The molecule has 6 fully saturated rings. The highest BCUT2D eigenvalue weighted by Gasteiger charge is 2.71. The van der Waals surface area contributed by atoms with Crippen LogP contribution in [0, 0.1) is 50.2 Å². The van der Waals surface area contributed by atoms with E-state index >= 15 is 0 Å². The Balaban J connectivity index is 1.17. The quantitative estimate of drug-likeness (QED) is 0.171. The molecule has 16 nitrogen and oxygen atoms in total. The summed E-state index contributed by atoms with van der Waals surface area (Å²) in [6.07, 6.45) is -12.2. The monoisotopic (exact) mass is 822 g/mol. The molecule has 0 aromatic carbocycles. The number of allylic oxidation sites excluding steroid dienone is 2. The molecule has 5 aliphatic carbocycles. The fraction of sp³-hybridized carbons (Fsp3) is 0.857. The summed E-state index contributed by atoms with van der Waals surface area (Å²) in [7, 11) is 0. The van der Waals surface area contributed by atoms with Gasteiger partial charge in [0.1, 0.15) is 36.6 Å². The van der Waals surface area contributed by atoms with Crippen molar-refractivity contribution in [2.24, 2.45) is 50.2 Å². The minimum atomic E-state index is -2.05. The van der Waals surface area contributed by atoms with E-state index in [-0.39, 0.29) is 34.4 Å². The number of carboxylic acids is 3. The van der Waals surface area contributed by atoms with Crippen molar-refractivity contribution in [3.63, 3.8) is 0 Å². The van der Waals surface area contributed by atoms with E-state index < -0.39 is 107 Å². The molecule has 0 amide bonds. The molecule has 0 aromatic rings. The van der Waals surface area contributed by atoms with Crippen molar-refractivity contribution < 1.29 is 79.0 Å². The van der Waals surface area contributed by atoms with E-state index in [2.05, 4.69) is 27.7 Å². The third kappa shape index (κ3) is 6.25. The van der Waals surface area contributed by atoms with Crippen LogP contribution in [0.4, 0.5) is 0 Å². The zero-order valence-electron chi connectivity index (χ0n) is 34.4. The lowest BCUT2D eigenvalue weighted by Gasteiger charge is -2.70. The maximum Gasteiger partial charge on any atom is 0.335 e. The molecule has 8 N–H and O–H groups in total. The lowest BCUT2D eigenvalue weighted by Crippen LogP contribution is -2.68. The Morgan fingerprint density at radius 3 is 1.88 bits per heavy atom. The van der Waals surface area contributed by atoms with Crippen molar-refractivity contribution in [3.05, 3.63) is 11.6 Å². The minimum Gasteiger partial charge on any atom is -0.481 e. The first-order valence-corrected chi connectivity index (χ1v) is 20.7. The maximum atomic E-state index is 14.8. The van der Waals surface area contributed by atoms with Crippen molar-refractivity contribution in [1.29, 1.82) is 0 Å². The van der Waals surface area contributed by atoms with Crippen molar-refractivity contribution in [2.45, 2.75) is 174 Å². The number of fused-ring (bicyclic) bond motifs is 7. The smallest absolute Gasteiger partial charge is 0.335 e. The first-order valence-electron chi connectivity index (χ1n) is 20.7. The number of hydrogen-bond acceptors (Lipinski definition) is 13. The standard InChI is InChI=1S/C42H62O16/c1-37(2)21-8-11-42(7)31(20(43)16-18-19-17-39(4,36(53)54)13-12-38(19,3)14-15-41(18,42)6)40(21,5)10-9-22(37)55-35-30(26(47)25(46)29(57-35)33(51)52)58-34-27(48)23(44)24(45)28(56-34)32(49)50/h16,19,21-31,34-35,44-48H,8-15,17H2,1-7H3,(H,49,50)(H,51,52)(H,53,54)/t19-,21-,22-,23+,24+,25-,26-,27-,28+,29-,30+,31-,34+,35-,38+,39-,40-,41+,42+/m0/s1. The second-order valence-corrected chi connectivity index (χ2v) is 20.6. The second-order valence-electron chi connectivity index (χ2n) is 20.6. The number of aliphatic hydroxyl groups excluding tert-OH is 5. The molecule has 19 atom stereocenters. The number of carbonyl (C=O) groups excluding carboxylic acids is 1. The van der Waals surface area contributed by atoms with Gasteiger partial charge >= 0.3 is 17.9 Å². The molecular weight excluding hydrogens is 760 g/mol. The molecule has 326 valence electrons. The molecule has 0 spiro atoms. The molecule has 0 radical (unpaired) electrons. The summed E-state index contributed by atoms with van der Waals surface area (Å²) in [6.45, 7) is 14.8. The molecule has 7 rings (SSSR count). The summed E-state index contributed by atoms with van der Waals surface area (Å²) < 4.78 is 23.4. The Morgan fingerprint density at radius 1 is 0.690 bits per heavy atom. The summed E-state index contributed by atoms with van der Waals surface area (Å²) in [4.78, 5) is 51.3. The molecule has 7 aliphatic rings. The van der Waals surface area contributed by atoms with Crippen LogP contribution in [0.3, 0.4) is 0 Å². The van der Waals surface area contributed by atoms with Crippen LogP contribution < -0.4 is 0 Å². The van der Waals surface area contributed by atoms with E-state index in [0.717, 1.165) is 37.7 Å². The summed E-state index contributed by atoms with van der Waals surface area (Å²) in [5.74, 6) is -4.47. The van der Waals surface area contributed by atoms with Gasteiger partial charge in [-0.05, 0) is 110 Å².